The van der Waals surface area contributed by atoms with Gasteiger partial charge in [-0.05, 0) is 6.07 Å². The molecule has 0 saturated heterocycles. The van der Waals surface area contributed by atoms with Crippen LogP contribution < -0.4 is 5.73 Å². The summed E-state index contributed by atoms with van der Waals surface area (Å²) in [6.45, 7) is 0. The van der Waals surface area contributed by atoms with E-state index in [4.69, 9.17) is 5.73 Å². The normalized spacial score (nSPS) is 11.9. The summed E-state index contributed by atoms with van der Waals surface area (Å²) in [5, 5.41) is 0.257. The molecule has 0 unspecified atom stereocenters. The van der Waals surface area contributed by atoms with Gasteiger partial charge in [-0.15, -0.1) is 11.3 Å². The lowest BCUT2D eigenvalue weighted by atomic mass is 10.1. The van der Waals surface area contributed by atoms with Gasteiger partial charge in [-0.25, -0.2) is 0 Å². The molecule has 1 heterocycles. The van der Waals surface area contributed by atoms with Crippen LogP contribution in [0.4, 0.5) is 13.2 Å². The zero-order chi connectivity index (χ0) is 11.9. The van der Waals surface area contributed by atoms with Crippen molar-refractivity contribution in [3.05, 3.63) is 34.7 Å². The number of fused-ring (bicyclic) bond motifs is 1. The second-order valence-corrected chi connectivity index (χ2v) is 4.22. The Balaban J connectivity index is 2.84. The minimum Gasteiger partial charge on any atom is -0.366 e. The molecule has 2 aromatic rings. The third-order valence-corrected chi connectivity index (χ3v) is 3.31. The second kappa shape index (κ2) is 3.48. The van der Waals surface area contributed by atoms with Gasteiger partial charge in [0.05, 0.1) is 5.56 Å². The first-order chi connectivity index (χ1) is 7.41. The lowest BCUT2D eigenvalue weighted by molar-refractivity contribution is -0.134. The number of halogens is 3. The van der Waals surface area contributed by atoms with E-state index >= 15 is 0 Å². The lowest BCUT2D eigenvalue weighted by Crippen LogP contribution is -2.16. The summed E-state index contributed by atoms with van der Waals surface area (Å²) in [5.74, 6) is -1.05. The first-order valence-corrected chi connectivity index (χ1v) is 5.11. The number of nitrogens with two attached hydrogens (primary N) is 1. The molecule has 2 nitrogen and oxygen atoms in total. The molecule has 1 amide bonds. The first-order valence-electron chi connectivity index (χ1n) is 4.30. The summed E-state index contributed by atoms with van der Waals surface area (Å²) in [6.07, 6.45) is -4.55. The summed E-state index contributed by atoms with van der Waals surface area (Å²) >= 11 is 0.533. The van der Waals surface area contributed by atoms with Crippen molar-refractivity contribution in [2.45, 2.75) is 6.18 Å². The van der Waals surface area contributed by atoms with Gasteiger partial charge < -0.3 is 5.73 Å². The predicted molar refractivity (Wildman–Crippen MR) is 55.3 cm³/mol. The minimum atomic E-state index is -4.55. The van der Waals surface area contributed by atoms with E-state index in [9.17, 15) is 18.0 Å². The zero-order valence-corrected chi connectivity index (χ0v) is 8.65. The third kappa shape index (κ3) is 1.65. The Kier molecular flexibility index (Phi) is 2.38. The predicted octanol–water partition coefficient (Wildman–Crippen LogP) is 3.02. The number of hydrogen-bond donors (Lipinski definition) is 1. The molecule has 0 bridgehead atoms. The molecule has 6 heteroatoms. The monoisotopic (exact) mass is 245 g/mol. The van der Waals surface area contributed by atoms with Crippen LogP contribution in [0.25, 0.3) is 10.1 Å². The molecule has 0 radical (unpaired) electrons. The fourth-order valence-corrected chi connectivity index (χ4v) is 2.56. The van der Waals surface area contributed by atoms with E-state index in [2.05, 4.69) is 0 Å². The standard InChI is InChI=1S/C10H6F3NOS/c11-10(12,13)8-7(9(14)15)5-3-1-2-4-6(5)16-8/h1-4H,(H2,14,15). The Morgan fingerprint density at radius 1 is 1.25 bits per heavy atom. The number of thiophene rings is 1. The average Bonchev–Trinajstić information content (AvgIpc) is 2.55. The van der Waals surface area contributed by atoms with Gasteiger partial charge in [0.2, 0.25) is 0 Å². The molecule has 0 spiro atoms. The number of hydrogen-bond acceptors (Lipinski definition) is 2. The number of carbonyl (C=O) groups is 1. The van der Waals surface area contributed by atoms with Gasteiger partial charge in [0.1, 0.15) is 4.88 Å². The molecule has 2 N–H and O–H groups in total. The van der Waals surface area contributed by atoms with Crippen molar-refractivity contribution in [3.8, 4) is 0 Å². The maximum atomic E-state index is 12.6. The Hall–Kier alpha value is -1.56. The highest BCUT2D eigenvalue weighted by Crippen LogP contribution is 2.41. The Bertz CT molecular complexity index is 559. The molecule has 0 fully saturated rings. The highest BCUT2D eigenvalue weighted by atomic mass is 32.1. The Labute approximate surface area is 92.5 Å². The molecule has 84 valence electrons. The number of rotatable bonds is 1. The molecule has 1 aromatic heterocycles. The fourth-order valence-electron chi connectivity index (χ4n) is 1.49. The van der Waals surface area contributed by atoms with Crippen molar-refractivity contribution >= 4 is 27.3 Å². The van der Waals surface area contributed by atoms with Crippen molar-refractivity contribution in [1.82, 2.24) is 0 Å². The van der Waals surface area contributed by atoms with E-state index in [0.717, 1.165) is 0 Å². The van der Waals surface area contributed by atoms with Crippen LogP contribution in [0.2, 0.25) is 0 Å². The van der Waals surface area contributed by atoms with Crippen LogP contribution in [-0.4, -0.2) is 5.91 Å². The minimum absolute atomic E-state index is 0.257. The fraction of sp³-hybridized carbons (Fsp3) is 0.100. The van der Waals surface area contributed by atoms with Crippen LogP contribution >= 0.6 is 11.3 Å². The van der Waals surface area contributed by atoms with Gasteiger partial charge in [-0.1, -0.05) is 18.2 Å². The summed E-state index contributed by atoms with van der Waals surface area (Å²) < 4.78 is 38.4. The molecule has 0 saturated carbocycles. The Morgan fingerprint density at radius 2 is 1.88 bits per heavy atom. The van der Waals surface area contributed by atoms with Crippen LogP contribution in [0, 0.1) is 0 Å². The van der Waals surface area contributed by atoms with E-state index in [1.807, 2.05) is 0 Å². The van der Waals surface area contributed by atoms with Crippen molar-refractivity contribution in [3.63, 3.8) is 0 Å². The van der Waals surface area contributed by atoms with Gasteiger partial charge in [0, 0.05) is 10.1 Å². The summed E-state index contributed by atoms with van der Waals surface area (Å²) in [7, 11) is 0. The van der Waals surface area contributed by atoms with Gasteiger partial charge >= 0.3 is 6.18 Å². The van der Waals surface area contributed by atoms with Gasteiger partial charge in [0.25, 0.3) is 5.91 Å². The number of benzene rings is 1. The molecular weight excluding hydrogens is 239 g/mol. The third-order valence-electron chi connectivity index (χ3n) is 2.10. The molecule has 0 atom stereocenters. The maximum Gasteiger partial charge on any atom is 0.426 e. The number of carbonyl (C=O) groups excluding carboxylic acids is 1. The molecular formula is C10H6F3NOS. The van der Waals surface area contributed by atoms with Gasteiger partial charge in [-0.2, -0.15) is 13.2 Å². The average molecular weight is 245 g/mol. The highest BCUT2D eigenvalue weighted by molar-refractivity contribution is 7.19. The topological polar surface area (TPSA) is 43.1 Å². The van der Waals surface area contributed by atoms with Crippen LogP contribution in [0.15, 0.2) is 24.3 Å². The van der Waals surface area contributed by atoms with Gasteiger partial charge in [0.15, 0.2) is 0 Å². The summed E-state index contributed by atoms with van der Waals surface area (Å²) in [6, 6.07) is 6.17. The molecule has 1 aromatic carbocycles. The van der Waals surface area contributed by atoms with Crippen LogP contribution in [-0.2, 0) is 6.18 Å². The van der Waals surface area contributed by atoms with E-state index in [1.54, 1.807) is 12.1 Å². The van der Waals surface area contributed by atoms with Crippen molar-refractivity contribution < 1.29 is 18.0 Å². The first kappa shape index (κ1) is 10.9. The van der Waals surface area contributed by atoms with E-state index in [0.29, 0.717) is 16.0 Å². The molecule has 0 aliphatic rings. The zero-order valence-electron chi connectivity index (χ0n) is 7.84. The molecule has 0 aliphatic heterocycles. The number of primary amides is 1. The van der Waals surface area contributed by atoms with E-state index in [-0.39, 0.29) is 5.39 Å². The van der Waals surface area contributed by atoms with E-state index < -0.39 is 22.5 Å². The maximum absolute atomic E-state index is 12.6. The summed E-state index contributed by atoms with van der Waals surface area (Å²) in [4.78, 5) is 10.1. The number of alkyl halides is 3. The Morgan fingerprint density at radius 3 is 2.44 bits per heavy atom. The molecule has 0 aliphatic carbocycles. The highest BCUT2D eigenvalue weighted by Gasteiger charge is 2.38. The molecule has 2 rings (SSSR count). The van der Waals surface area contributed by atoms with Crippen molar-refractivity contribution in [2.75, 3.05) is 0 Å². The van der Waals surface area contributed by atoms with Crippen LogP contribution in [0.5, 0.6) is 0 Å². The summed E-state index contributed by atoms with van der Waals surface area (Å²) in [5.41, 5.74) is 4.55. The largest absolute Gasteiger partial charge is 0.426 e. The second-order valence-electron chi connectivity index (χ2n) is 3.16. The SMILES string of the molecule is NC(=O)c1c(C(F)(F)F)sc2ccccc12. The molecule has 16 heavy (non-hydrogen) atoms. The quantitative estimate of drug-likeness (QED) is 0.824. The smallest absolute Gasteiger partial charge is 0.366 e. The van der Waals surface area contributed by atoms with Gasteiger partial charge in [-0.3, -0.25) is 4.79 Å². The van der Waals surface area contributed by atoms with E-state index in [1.165, 1.54) is 12.1 Å². The number of amides is 1. The van der Waals surface area contributed by atoms with Crippen molar-refractivity contribution in [1.29, 1.82) is 0 Å². The lowest BCUT2D eigenvalue weighted by Gasteiger charge is -2.04. The van der Waals surface area contributed by atoms with Crippen LogP contribution in [0.1, 0.15) is 15.2 Å². The van der Waals surface area contributed by atoms with Crippen molar-refractivity contribution in [2.24, 2.45) is 5.73 Å². The van der Waals surface area contributed by atoms with Crippen LogP contribution in [0.3, 0.4) is 0 Å².